The van der Waals surface area contributed by atoms with Gasteiger partial charge >= 0.3 is 0 Å². The fourth-order valence-corrected chi connectivity index (χ4v) is 3.37. The van der Waals surface area contributed by atoms with Gasteiger partial charge in [0.05, 0.1) is 10.6 Å². The van der Waals surface area contributed by atoms with Crippen LogP contribution in [0.15, 0.2) is 53.4 Å². The molecule has 0 saturated heterocycles. The number of phenolic OH excluding ortho intramolecular Hbond substituents is 1. The van der Waals surface area contributed by atoms with Gasteiger partial charge in [0.1, 0.15) is 5.75 Å². The van der Waals surface area contributed by atoms with Crippen molar-refractivity contribution in [3.05, 3.63) is 54.1 Å². The van der Waals surface area contributed by atoms with E-state index in [-0.39, 0.29) is 21.9 Å². The number of hydrogen-bond acceptors (Lipinski definition) is 4. The maximum Gasteiger partial charge on any atom is 0.255 e. The Balaban J connectivity index is 1.76. The number of aromatic hydroxyl groups is 1. The maximum atomic E-state index is 12.3. The second-order valence-electron chi connectivity index (χ2n) is 5.79. The van der Waals surface area contributed by atoms with Crippen molar-refractivity contribution in [2.75, 3.05) is 11.9 Å². The zero-order valence-electron chi connectivity index (χ0n) is 12.9. The third-order valence-corrected chi connectivity index (χ3v) is 5.24. The van der Waals surface area contributed by atoms with Crippen molar-refractivity contribution in [3.63, 3.8) is 0 Å². The first kappa shape index (κ1) is 16.5. The molecule has 1 saturated carbocycles. The summed E-state index contributed by atoms with van der Waals surface area (Å²) in [6, 6.07) is 12.2. The number of carbonyl (C=O) groups excluding carboxylic acids is 1. The molecule has 2 aromatic carbocycles. The van der Waals surface area contributed by atoms with E-state index in [1.165, 1.54) is 30.3 Å². The Hall–Kier alpha value is -2.38. The highest BCUT2D eigenvalue weighted by Crippen LogP contribution is 2.28. The number of amides is 1. The molecular formula is C17H18N2O4S. The Bertz CT molecular complexity index is 860. The quantitative estimate of drug-likeness (QED) is 0.700. The summed E-state index contributed by atoms with van der Waals surface area (Å²) in [7, 11) is -3.63. The van der Waals surface area contributed by atoms with E-state index in [1.807, 2.05) is 0 Å². The van der Waals surface area contributed by atoms with Gasteiger partial charge in [-0.05, 0) is 49.1 Å². The molecule has 3 N–H and O–H groups in total. The molecule has 24 heavy (non-hydrogen) atoms. The summed E-state index contributed by atoms with van der Waals surface area (Å²) in [6.45, 7) is 0.427. The van der Waals surface area contributed by atoms with E-state index in [4.69, 9.17) is 0 Å². The summed E-state index contributed by atoms with van der Waals surface area (Å²) in [5, 5.41) is 12.3. The number of sulfonamides is 1. The van der Waals surface area contributed by atoms with Crippen LogP contribution in [-0.4, -0.2) is 26.0 Å². The van der Waals surface area contributed by atoms with Crippen LogP contribution in [0.5, 0.6) is 5.75 Å². The molecule has 126 valence electrons. The highest BCUT2D eigenvalue weighted by Gasteiger charge is 2.24. The van der Waals surface area contributed by atoms with Crippen molar-refractivity contribution < 1.29 is 18.3 Å². The minimum Gasteiger partial charge on any atom is -0.506 e. The predicted octanol–water partition coefficient (Wildman–Crippen LogP) is 2.33. The number of para-hydroxylation sites is 2. The minimum atomic E-state index is -3.63. The van der Waals surface area contributed by atoms with Crippen LogP contribution in [0.3, 0.4) is 0 Å². The molecule has 1 fully saturated rings. The van der Waals surface area contributed by atoms with Crippen molar-refractivity contribution in [2.45, 2.75) is 17.7 Å². The van der Waals surface area contributed by atoms with Crippen molar-refractivity contribution in [3.8, 4) is 5.75 Å². The van der Waals surface area contributed by atoms with Gasteiger partial charge < -0.3 is 10.4 Å². The lowest BCUT2D eigenvalue weighted by Crippen LogP contribution is -2.26. The first-order valence-electron chi connectivity index (χ1n) is 7.65. The first-order chi connectivity index (χ1) is 11.5. The first-order valence-corrected chi connectivity index (χ1v) is 9.13. The molecule has 0 heterocycles. The number of carbonyl (C=O) groups is 1. The van der Waals surface area contributed by atoms with E-state index in [0.717, 1.165) is 12.8 Å². The molecule has 0 radical (unpaired) electrons. The standard InChI is InChI=1S/C17H18N2O4S/c20-16-7-2-1-6-15(16)19-17(21)13-4-3-5-14(10-13)24(22,23)18-11-12-8-9-12/h1-7,10,12,18,20H,8-9,11H2,(H,19,21). The monoisotopic (exact) mass is 346 g/mol. The lowest BCUT2D eigenvalue weighted by Gasteiger charge is -2.09. The Morgan fingerprint density at radius 2 is 1.88 bits per heavy atom. The van der Waals surface area contributed by atoms with Crippen LogP contribution in [-0.2, 0) is 10.0 Å². The Kier molecular flexibility index (Phi) is 4.55. The van der Waals surface area contributed by atoms with E-state index in [2.05, 4.69) is 10.0 Å². The van der Waals surface area contributed by atoms with Gasteiger partial charge in [-0.15, -0.1) is 0 Å². The zero-order chi connectivity index (χ0) is 17.2. The smallest absolute Gasteiger partial charge is 0.255 e. The molecule has 0 aromatic heterocycles. The number of benzene rings is 2. The van der Waals surface area contributed by atoms with Gasteiger partial charge in [-0.1, -0.05) is 18.2 Å². The van der Waals surface area contributed by atoms with Gasteiger partial charge in [0.2, 0.25) is 10.0 Å². The Morgan fingerprint density at radius 1 is 1.12 bits per heavy atom. The van der Waals surface area contributed by atoms with Crippen molar-refractivity contribution >= 4 is 21.6 Å². The second-order valence-corrected chi connectivity index (χ2v) is 7.56. The van der Waals surface area contributed by atoms with Crippen LogP contribution in [0, 0.1) is 5.92 Å². The highest BCUT2D eigenvalue weighted by atomic mass is 32.2. The largest absolute Gasteiger partial charge is 0.506 e. The van der Waals surface area contributed by atoms with Crippen LogP contribution in [0.2, 0.25) is 0 Å². The van der Waals surface area contributed by atoms with E-state index in [1.54, 1.807) is 18.2 Å². The molecule has 3 rings (SSSR count). The maximum absolute atomic E-state index is 12.3. The molecule has 0 unspecified atom stereocenters. The minimum absolute atomic E-state index is 0.0492. The van der Waals surface area contributed by atoms with Crippen LogP contribution < -0.4 is 10.0 Å². The highest BCUT2D eigenvalue weighted by molar-refractivity contribution is 7.89. The fourth-order valence-electron chi connectivity index (χ4n) is 2.21. The number of phenols is 1. The zero-order valence-corrected chi connectivity index (χ0v) is 13.7. The molecular weight excluding hydrogens is 328 g/mol. The van der Waals surface area contributed by atoms with Gasteiger partial charge in [-0.2, -0.15) is 0 Å². The van der Waals surface area contributed by atoms with Gasteiger partial charge in [0, 0.05) is 12.1 Å². The van der Waals surface area contributed by atoms with Crippen LogP contribution in [0.25, 0.3) is 0 Å². The molecule has 6 nitrogen and oxygen atoms in total. The Labute approximate surface area is 140 Å². The molecule has 0 atom stereocenters. The molecule has 0 aliphatic heterocycles. The number of anilines is 1. The summed E-state index contributed by atoms with van der Waals surface area (Å²) in [5.74, 6) is -0.121. The summed E-state index contributed by atoms with van der Waals surface area (Å²) < 4.78 is 27.1. The van der Waals surface area contributed by atoms with Gasteiger partial charge in [-0.3, -0.25) is 4.79 Å². The van der Waals surface area contributed by atoms with E-state index >= 15 is 0 Å². The van der Waals surface area contributed by atoms with E-state index in [0.29, 0.717) is 12.5 Å². The predicted molar refractivity (Wildman–Crippen MR) is 90.4 cm³/mol. The average Bonchev–Trinajstić information content (AvgIpc) is 3.40. The lowest BCUT2D eigenvalue weighted by molar-refractivity contribution is 0.102. The molecule has 0 spiro atoms. The van der Waals surface area contributed by atoms with Crippen molar-refractivity contribution in [2.24, 2.45) is 5.92 Å². The summed E-state index contributed by atoms with van der Waals surface area (Å²) in [5.41, 5.74) is 0.468. The molecule has 2 aromatic rings. The lowest BCUT2D eigenvalue weighted by atomic mass is 10.2. The summed E-state index contributed by atoms with van der Waals surface area (Å²) in [6.07, 6.45) is 2.09. The number of nitrogens with one attached hydrogen (secondary N) is 2. The third kappa shape index (κ3) is 3.93. The number of rotatable bonds is 6. The Morgan fingerprint density at radius 3 is 2.58 bits per heavy atom. The normalized spacial score (nSPS) is 14.3. The van der Waals surface area contributed by atoms with E-state index in [9.17, 15) is 18.3 Å². The summed E-state index contributed by atoms with van der Waals surface area (Å²) >= 11 is 0. The third-order valence-electron chi connectivity index (χ3n) is 3.82. The molecule has 7 heteroatoms. The van der Waals surface area contributed by atoms with Gasteiger partial charge in [0.25, 0.3) is 5.91 Å². The van der Waals surface area contributed by atoms with Crippen LogP contribution in [0.1, 0.15) is 23.2 Å². The van der Waals surface area contributed by atoms with Crippen molar-refractivity contribution in [1.82, 2.24) is 4.72 Å². The molecule has 1 amide bonds. The molecule has 1 aliphatic rings. The SMILES string of the molecule is O=C(Nc1ccccc1O)c1cccc(S(=O)(=O)NCC2CC2)c1. The van der Waals surface area contributed by atoms with Gasteiger partial charge in [0.15, 0.2) is 0 Å². The van der Waals surface area contributed by atoms with Crippen LogP contribution >= 0.6 is 0 Å². The van der Waals surface area contributed by atoms with E-state index < -0.39 is 15.9 Å². The summed E-state index contributed by atoms with van der Waals surface area (Å²) in [4.78, 5) is 12.3. The fraction of sp³-hybridized carbons (Fsp3) is 0.235. The second kappa shape index (κ2) is 6.62. The topological polar surface area (TPSA) is 95.5 Å². The molecule has 1 aliphatic carbocycles. The number of hydrogen-bond donors (Lipinski definition) is 3. The average molecular weight is 346 g/mol. The van der Waals surface area contributed by atoms with Crippen LogP contribution in [0.4, 0.5) is 5.69 Å². The molecule has 0 bridgehead atoms. The van der Waals surface area contributed by atoms with Crippen molar-refractivity contribution in [1.29, 1.82) is 0 Å². The van der Waals surface area contributed by atoms with Gasteiger partial charge in [-0.25, -0.2) is 13.1 Å².